The molecule has 0 aromatic carbocycles. The Bertz CT molecular complexity index is 997. The first-order chi connectivity index (χ1) is 25.9. The number of carbonyl (C=O) groups is 1. The maximum Gasteiger partial charge on any atom is 0.472 e. The zero-order valence-corrected chi connectivity index (χ0v) is 34.3. The van der Waals surface area contributed by atoms with Gasteiger partial charge in [-0.05, 0) is 70.3 Å². The van der Waals surface area contributed by atoms with Gasteiger partial charge in [-0.3, -0.25) is 13.8 Å². The van der Waals surface area contributed by atoms with E-state index in [9.17, 15) is 14.3 Å². The van der Waals surface area contributed by atoms with Crippen LogP contribution in [-0.4, -0.2) is 55.0 Å². The molecule has 0 rings (SSSR count). The van der Waals surface area contributed by atoms with Crippen LogP contribution in [0.25, 0.3) is 0 Å². The molecule has 0 aliphatic heterocycles. The van der Waals surface area contributed by atoms with Crippen molar-refractivity contribution in [2.75, 3.05) is 33.0 Å². The molecule has 0 aliphatic carbocycles. The number of aliphatic hydroxyl groups is 1. The number of hydrogen-bond acceptors (Lipinski definition) is 8. The first-order valence-electron chi connectivity index (χ1n) is 20.9. The highest BCUT2D eigenvalue weighted by Crippen LogP contribution is 2.43. The van der Waals surface area contributed by atoms with E-state index < -0.39 is 19.9 Å². The van der Waals surface area contributed by atoms with Crippen molar-refractivity contribution in [3.8, 4) is 0 Å². The molecule has 53 heavy (non-hydrogen) atoms. The van der Waals surface area contributed by atoms with Gasteiger partial charge in [-0.15, -0.1) is 0 Å². The SMILES string of the molecule is CCCCCCCCCCCCCCCCC=COCC(COP(=O)(O)OCCN)OC(=O)CCCC=CCC=CCC=CCC=CCCCCCO. The van der Waals surface area contributed by atoms with Crippen LogP contribution in [0.5, 0.6) is 0 Å². The lowest BCUT2D eigenvalue weighted by atomic mass is 10.0. The number of phosphoric ester groups is 1. The molecule has 10 heteroatoms. The Balaban J connectivity index is 4.20. The van der Waals surface area contributed by atoms with Gasteiger partial charge in [-0.25, -0.2) is 4.57 Å². The first kappa shape index (κ1) is 51.0. The zero-order valence-electron chi connectivity index (χ0n) is 33.4. The number of aliphatic hydroxyl groups excluding tert-OH is 1. The summed E-state index contributed by atoms with van der Waals surface area (Å²) in [5.74, 6) is -0.416. The number of nitrogens with two attached hydrogens (primary N) is 1. The minimum absolute atomic E-state index is 0.00210. The van der Waals surface area contributed by atoms with E-state index in [1.807, 2.05) is 6.08 Å². The minimum Gasteiger partial charge on any atom is -0.498 e. The van der Waals surface area contributed by atoms with Crippen LogP contribution < -0.4 is 5.73 Å². The van der Waals surface area contributed by atoms with Crippen LogP contribution in [-0.2, 0) is 27.9 Å². The molecule has 0 heterocycles. The fraction of sp³-hybridized carbons (Fsp3) is 0.744. The van der Waals surface area contributed by atoms with Crippen molar-refractivity contribution in [2.24, 2.45) is 5.73 Å². The third kappa shape index (κ3) is 41.0. The molecule has 9 nitrogen and oxygen atoms in total. The lowest BCUT2D eigenvalue weighted by Gasteiger charge is -2.19. The van der Waals surface area contributed by atoms with Gasteiger partial charge in [0.1, 0.15) is 6.61 Å². The number of allylic oxidation sites excluding steroid dienone is 9. The van der Waals surface area contributed by atoms with Gasteiger partial charge in [0, 0.05) is 19.6 Å². The quantitative estimate of drug-likeness (QED) is 0.0183. The first-order valence-corrected chi connectivity index (χ1v) is 22.4. The van der Waals surface area contributed by atoms with E-state index in [1.165, 1.54) is 83.5 Å². The largest absolute Gasteiger partial charge is 0.498 e. The van der Waals surface area contributed by atoms with Crippen LogP contribution in [0.3, 0.4) is 0 Å². The Morgan fingerprint density at radius 1 is 0.623 bits per heavy atom. The van der Waals surface area contributed by atoms with Crippen molar-refractivity contribution in [2.45, 2.75) is 174 Å². The topological polar surface area (TPSA) is 138 Å². The third-order valence-electron chi connectivity index (χ3n) is 8.56. The monoisotopic (exact) mass is 768 g/mol. The molecule has 0 aromatic rings. The highest BCUT2D eigenvalue weighted by Gasteiger charge is 2.25. The van der Waals surface area contributed by atoms with Crippen molar-refractivity contribution in [1.82, 2.24) is 0 Å². The maximum atomic E-state index is 12.5. The summed E-state index contributed by atoms with van der Waals surface area (Å²) < 4.78 is 33.1. The molecule has 0 aliphatic rings. The molecule has 0 saturated heterocycles. The number of carbonyl (C=O) groups excluding carboxylic acids is 1. The van der Waals surface area contributed by atoms with E-state index in [-0.39, 0.29) is 39.4 Å². The molecule has 0 amide bonds. The van der Waals surface area contributed by atoms with Gasteiger partial charge in [0.25, 0.3) is 0 Å². The van der Waals surface area contributed by atoms with E-state index in [2.05, 4.69) is 55.5 Å². The third-order valence-corrected chi connectivity index (χ3v) is 9.54. The maximum absolute atomic E-state index is 12.5. The number of rotatable bonds is 40. The second-order valence-corrected chi connectivity index (χ2v) is 15.1. The summed E-state index contributed by atoms with van der Waals surface area (Å²) in [5, 5.41) is 8.79. The predicted molar refractivity (Wildman–Crippen MR) is 221 cm³/mol. The van der Waals surface area contributed by atoms with Crippen molar-refractivity contribution >= 4 is 13.8 Å². The lowest BCUT2D eigenvalue weighted by molar-refractivity contribution is -0.153. The van der Waals surface area contributed by atoms with E-state index >= 15 is 0 Å². The van der Waals surface area contributed by atoms with E-state index in [1.54, 1.807) is 6.26 Å². The van der Waals surface area contributed by atoms with Crippen LogP contribution in [0.2, 0.25) is 0 Å². The minimum atomic E-state index is -4.31. The molecule has 0 bridgehead atoms. The van der Waals surface area contributed by atoms with Gasteiger partial charge in [0.05, 0.1) is 19.5 Å². The van der Waals surface area contributed by atoms with Gasteiger partial charge in [-0.1, -0.05) is 145 Å². The Morgan fingerprint density at radius 3 is 1.62 bits per heavy atom. The highest BCUT2D eigenvalue weighted by molar-refractivity contribution is 7.47. The number of unbranched alkanes of at least 4 members (excludes halogenated alkanes) is 18. The molecular weight excluding hydrogens is 689 g/mol. The zero-order chi connectivity index (χ0) is 38.8. The van der Waals surface area contributed by atoms with Gasteiger partial charge < -0.3 is 25.2 Å². The second kappa shape index (κ2) is 41.2. The summed E-state index contributed by atoms with van der Waals surface area (Å²) in [6.07, 6.45) is 47.8. The smallest absolute Gasteiger partial charge is 0.472 e. The molecule has 0 saturated carbocycles. The fourth-order valence-electron chi connectivity index (χ4n) is 5.46. The number of phosphoric acid groups is 1. The van der Waals surface area contributed by atoms with Crippen LogP contribution in [0.1, 0.15) is 167 Å². The molecule has 2 atom stereocenters. The Morgan fingerprint density at radius 2 is 1.09 bits per heavy atom. The van der Waals surface area contributed by atoms with Crippen LogP contribution in [0.4, 0.5) is 0 Å². The van der Waals surface area contributed by atoms with E-state index in [0.29, 0.717) is 6.42 Å². The van der Waals surface area contributed by atoms with E-state index in [4.69, 9.17) is 29.4 Å². The highest BCUT2D eigenvalue weighted by atomic mass is 31.2. The molecule has 0 fully saturated rings. The second-order valence-electron chi connectivity index (χ2n) is 13.6. The van der Waals surface area contributed by atoms with Crippen LogP contribution in [0, 0.1) is 0 Å². The molecular formula is C43H78NO8P. The average Bonchev–Trinajstić information content (AvgIpc) is 3.15. The van der Waals surface area contributed by atoms with Gasteiger partial charge in [0.2, 0.25) is 0 Å². The summed E-state index contributed by atoms with van der Waals surface area (Å²) >= 11 is 0. The Labute approximate surface area is 324 Å². The normalized spacial score (nSPS) is 14.0. The summed E-state index contributed by atoms with van der Waals surface area (Å²) in [4.78, 5) is 22.4. The standard InChI is InChI=1S/C43H78NO8P/c1-2-3-4-5-6-7-8-9-10-16-19-22-25-28-31-34-38-49-40-42(41-51-53(47,48)50-39-36-44)52-43(46)35-32-29-26-23-20-17-14-12-11-13-15-18-21-24-27-30-33-37-45/h11,13-14,17-18,21,23,26,34,38,42,45H,2-10,12,15-16,19-20,22,24-25,27-33,35-37,39-41,44H2,1H3,(H,47,48). The summed E-state index contributed by atoms with van der Waals surface area (Å²) in [7, 11) is -4.31. The van der Waals surface area contributed by atoms with Crippen LogP contribution in [0.15, 0.2) is 60.9 Å². The number of esters is 1. The average molecular weight is 768 g/mol. The predicted octanol–water partition coefficient (Wildman–Crippen LogP) is 11.5. The number of hydrogen-bond donors (Lipinski definition) is 3. The molecule has 2 unspecified atom stereocenters. The van der Waals surface area contributed by atoms with Gasteiger partial charge >= 0.3 is 13.8 Å². The Hall–Kier alpha value is -2.00. The van der Waals surface area contributed by atoms with Crippen molar-refractivity contribution in [1.29, 1.82) is 0 Å². The van der Waals surface area contributed by atoms with Gasteiger partial charge in [-0.2, -0.15) is 0 Å². The van der Waals surface area contributed by atoms with Crippen molar-refractivity contribution < 1.29 is 37.9 Å². The fourth-order valence-corrected chi connectivity index (χ4v) is 6.23. The Kier molecular flexibility index (Phi) is 39.6. The summed E-state index contributed by atoms with van der Waals surface area (Å²) in [5.41, 5.74) is 5.35. The molecule has 0 aromatic heterocycles. The molecule has 0 radical (unpaired) electrons. The molecule has 0 spiro atoms. The summed E-state index contributed by atoms with van der Waals surface area (Å²) in [6, 6.07) is 0. The van der Waals surface area contributed by atoms with Crippen molar-refractivity contribution in [3.63, 3.8) is 0 Å². The summed E-state index contributed by atoms with van der Waals surface area (Å²) in [6.45, 7) is 2.17. The number of ether oxygens (including phenoxy) is 2. The van der Waals surface area contributed by atoms with Crippen molar-refractivity contribution in [3.05, 3.63) is 60.9 Å². The lowest BCUT2D eigenvalue weighted by Crippen LogP contribution is -2.27. The van der Waals surface area contributed by atoms with E-state index in [0.717, 1.165) is 64.2 Å². The van der Waals surface area contributed by atoms with Gasteiger partial charge in [0.15, 0.2) is 6.10 Å². The molecule has 308 valence electrons. The van der Waals surface area contributed by atoms with Crippen LogP contribution >= 0.6 is 7.82 Å². The molecule has 4 N–H and O–H groups in total.